The van der Waals surface area contributed by atoms with E-state index in [4.69, 9.17) is 9.47 Å². The van der Waals surface area contributed by atoms with Crippen molar-refractivity contribution in [2.75, 3.05) is 39.3 Å². The van der Waals surface area contributed by atoms with Crippen LogP contribution < -0.4 is 19.7 Å². The van der Waals surface area contributed by atoms with Crippen molar-refractivity contribution in [2.45, 2.75) is 0 Å². The maximum atomic E-state index is 15.2. The molecule has 0 aliphatic rings. The summed E-state index contributed by atoms with van der Waals surface area (Å²) in [5.74, 6) is -1.71. The zero-order valence-electron chi connectivity index (χ0n) is 17.7. The molecule has 1 aromatic carbocycles. The molecule has 2 N–H and O–H groups in total. The fourth-order valence-corrected chi connectivity index (χ4v) is 3.24. The summed E-state index contributed by atoms with van der Waals surface area (Å²) < 4.78 is 40.6. The van der Waals surface area contributed by atoms with E-state index in [9.17, 15) is 0 Å². The number of aromatic amines is 1. The second-order valence-electron chi connectivity index (χ2n) is 6.77. The lowest BCUT2D eigenvalue weighted by Crippen LogP contribution is -2.29. The molecule has 0 bridgehead atoms. The molecule has 3 heterocycles. The molecular weight excluding hydrogens is 420 g/mol. The predicted molar refractivity (Wildman–Crippen MR) is 115 cm³/mol. The molecule has 0 atom stereocenters. The molecule has 3 aromatic heterocycles. The number of fused-ring (bicyclic) bond motifs is 1. The quantitative estimate of drug-likeness (QED) is 0.430. The van der Waals surface area contributed by atoms with E-state index < -0.39 is 11.6 Å². The number of hydrogen-bond donors (Lipinski definition) is 2. The molecule has 4 aromatic rings. The lowest BCUT2D eigenvalue weighted by Gasteiger charge is -2.26. The maximum Gasteiger partial charge on any atom is 0.191 e. The lowest BCUT2D eigenvalue weighted by molar-refractivity contribution is 0.359. The molecule has 0 radical (unpaired) electrons. The molecular formula is C21H21F2N7O2. The highest BCUT2D eigenvalue weighted by Crippen LogP contribution is 2.39. The third-order valence-electron chi connectivity index (χ3n) is 4.87. The number of H-pyrrole nitrogens is 1. The highest BCUT2D eigenvalue weighted by Gasteiger charge is 2.26. The number of rotatable bonds is 8. The van der Waals surface area contributed by atoms with Crippen molar-refractivity contribution in [1.29, 1.82) is 0 Å². The smallest absolute Gasteiger partial charge is 0.191 e. The molecule has 11 heteroatoms. The van der Waals surface area contributed by atoms with Crippen molar-refractivity contribution < 1.29 is 18.3 Å². The molecule has 0 fully saturated rings. The van der Waals surface area contributed by atoms with E-state index in [0.717, 1.165) is 5.56 Å². The van der Waals surface area contributed by atoms with Gasteiger partial charge in [-0.15, -0.1) is 0 Å². The van der Waals surface area contributed by atoms with Gasteiger partial charge >= 0.3 is 0 Å². The van der Waals surface area contributed by atoms with Gasteiger partial charge in [-0.05, 0) is 19.2 Å². The van der Waals surface area contributed by atoms with E-state index in [0.29, 0.717) is 29.2 Å². The minimum Gasteiger partial charge on any atom is -0.493 e. The fourth-order valence-electron chi connectivity index (χ4n) is 3.24. The van der Waals surface area contributed by atoms with Gasteiger partial charge in [0.15, 0.2) is 28.8 Å². The van der Waals surface area contributed by atoms with Crippen LogP contribution in [0.3, 0.4) is 0 Å². The van der Waals surface area contributed by atoms with Gasteiger partial charge in [-0.25, -0.2) is 18.7 Å². The summed E-state index contributed by atoms with van der Waals surface area (Å²) in [5.41, 5.74) is 1.85. The Hall–Kier alpha value is -3.86. The van der Waals surface area contributed by atoms with Gasteiger partial charge in [-0.2, -0.15) is 5.10 Å². The van der Waals surface area contributed by atoms with Gasteiger partial charge in [0, 0.05) is 30.9 Å². The largest absolute Gasteiger partial charge is 0.493 e. The van der Waals surface area contributed by atoms with E-state index in [2.05, 4.69) is 30.5 Å². The number of anilines is 2. The van der Waals surface area contributed by atoms with E-state index in [-0.39, 0.29) is 23.7 Å². The van der Waals surface area contributed by atoms with Crippen molar-refractivity contribution in [2.24, 2.45) is 0 Å². The fraction of sp³-hybridized carbons (Fsp3) is 0.238. The molecule has 0 saturated heterocycles. The predicted octanol–water partition coefficient (Wildman–Crippen LogP) is 3.07. The number of nitrogens with one attached hydrogen (secondary N) is 2. The minimum atomic E-state index is -0.859. The Labute approximate surface area is 182 Å². The van der Waals surface area contributed by atoms with Crippen LogP contribution in [-0.4, -0.2) is 59.5 Å². The first-order valence-corrected chi connectivity index (χ1v) is 9.72. The first-order valence-electron chi connectivity index (χ1n) is 9.72. The summed E-state index contributed by atoms with van der Waals surface area (Å²) >= 11 is 0. The molecule has 9 nitrogen and oxygen atoms in total. The molecule has 0 spiro atoms. The SMILES string of the molecule is CNCCN(c1ccc2ncc(-c3cn[nH]c3)nc2n1)c1c(F)c(OC)cc(OC)c1F. The molecule has 0 aliphatic heterocycles. The number of halogens is 2. The normalized spacial score (nSPS) is 11.0. The van der Waals surface area contributed by atoms with Crippen molar-refractivity contribution in [3.8, 4) is 22.8 Å². The van der Waals surface area contributed by atoms with Gasteiger partial charge in [0.25, 0.3) is 0 Å². The second kappa shape index (κ2) is 9.10. The summed E-state index contributed by atoms with van der Waals surface area (Å²) in [6.45, 7) is 0.646. The summed E-state index contributed by atoms with van der Waals surface area (Å²) in [5, 5.41) is 9.62. The van der Waals surface area contributed by atoms with Gasteiger partial charge in [0.1, 0.15) is 17.0 Å². The Morgan fingerprint density at radius 2 is 1.81 bits per heavy atom. The Balaban J connectivity index is 1.87. The van der Waals surface area contributed by atoms with Crippen molar-refractivity contribution in [3.05, 3.63) is 48.4 Å². The minimum absolute atomic E-state index is 0.143. The van der Waals surface area contributed by atoms with Crippen LogP contribution in [-0.2, 0) is 0 Å². The van der Waals surface area contributed by atoms with E-state index in [1.807, 2.05) is 0 Å². The molecule has 0 amide bonds. The summed E-state index contributed by atoms with van der Waals surface area (Å²) in [6.07, 6.45) is 4.91. The molecule has 0 saturated carbocycles. The Morgan fingerprint density at radius 3 is 2.44 bits per heavy atom. The van der Waals surface area contributed by atoms with E-state index >= 15 is 8.78 Å². The number of aromatic nitrogens is 5. The van der Waals surface area contributed by atoms with Crippen molar-refractivity contribution in [3.63, 3.8) is 0 Å². The summed E-state index contributed by atoms with van der Waals surface area (Å²) in [6, 6.07) is 4.50. The molecule has 32 heavy (non-hydrogen) atoms. The van der Waals surface area contributed by atoms with Crippen LogP contribution in [0.25, 0.3) is 22.4 Å². The zero-order valence-corrected chi connectivity index (χ0v) is 17.7. The van der Waals surface area contributed by atoms with Gasteiger partial charge in [-0.3, -0.25) is 10.1 Å². The van der Waals surface area contributed by atoms with Crippen LogP contribution >= 0.6 is 0 Å². The first-order chi connectivity index (χ1) is 15.6. The van der Waals surface area contributed by atoms with Crippen LogP contribution in [0.15, 0.2) is 36.8 Å². The van der Waals surface area contributed by atoms with Crippen LogP contribution in [0, 0.1) is 11.6 Å². The molecule has 0 unspecified atom stereocenters. The lowest BCUT2D eigenvalue weighted by atomic mass is 10.2. The number of benzene rings is 1. The third kappa shape index (κ3) is 3.89. The first kappa shape index (κ1) is 21.4. The summed E-state index contributed by atoms with van der Waals surface area (Å²) in [7, 11) is 4.35. The van der Waals surface area contributed by atoms with Crippen molar-refractivity contribution in [1.82, 2.24) is 30.5 Å². The monoisotopic (exact) mass is 441 g/mol. The van der Waals surface area contributed by atoms with Crippen LogP contribution in [0.1, 0.15) is 0 Å². The van der Waals surface area contributed by atoms with Gasteiger partial charge in [-0.1, -0.05) is 0 Å². The van der Waals surface area contributed by atoms with Gasteiger partial charge in [0.2, 0.25) is 0 Å². The summed E-state index contributed by atoms with van der Waals surface area (Å²) in [4.78, 5) is 14.9. The van der Waals surface area contributed by atoms with E-state index in [1.54, 1.807) is 37.8 Å². The Morgan fingerprint density at radius 1 is 1.06 bits per heavy atom. The van der Waals surface area contributed by atoms with Gasteiger partial charge < -0.3 is 19.7 Å². The van der Waals surface area contributed by atoms with Crippen LogP contribution in [0.4, 0.5) is 20.3 Å². The van der Waals surface area contributed by atoms with Gasteiger partial charge in [0.05, 0.1) is 32.3 Å². The number of ether oxygens (including phenoxy) is 2. The molecule has 4 rings (SSSR count). The standard InChI is InChI=1S/C21H21F2N7O2/c1-24-6-7-30(20-18(22)15(31-2)8-16(32-3)19(20)23)17-5-4-13-21(29-17)28-14(11-25-13)12-9-26-27-10-12/h4-5,8-11,24H,6-7H2,1-3H3,(H,26,27). The topological polar surface area (TPSA) is 101 Å². The molecule has 0 aliphatic carbocycles. The average molecular weight is 441 g/mol. The average Bonchev–Trinajstić information content (AvgIpc) is 3.36. The van der Waals surface area contributed by atoms with E-state index in [1.165, 1.54) is 25.2 Å². The number of methoxy groups -OCH3 is 2. The maximum absolute atomic E-state index is 15.2. The van der Waals surface area contributed by atoms with Crippen molar-refractivity contribution >= 4 is 22.7 Å². The second-order valence-corrected chi connectivity index (χ2v) is 6.77. The Kier molecular flexibility index (Phi) is 6.08. The number of likely N-dealkylation sites (N-methyl/N-ethyl adjacent to an activating group) is 1. The Bertz CT molecular complexity index is 1210. The third-order valence-corrected chi connectivity index (χ3v) is 4.87. The van der Waals surface area contributed by atoms with Crippen LogP contribution in [0.2, 0.25) is 0 Å². The zero-order chi connectivity index (χ0) is 22.7. The highest BCUT2D eigenvalue weighted by molar-refractivity contribution is 5.77. The number of nitrogens with zero attached hydrogens (tertiary/aromatic N) is 5. The highest BCUT2D eigenvalue weighted by atomic mass is 19.1. The number of hydrogen-bond acceptors (Lipinski definition) is 8. The number of pyridine rings is 1. The molecule has 166 valence electrons. The van der Waals surface area contributed by atoms with Crippen LogP contribution in [0.5, 0.6) is 11.5 Å².